The highest BCUT2D eigenvalue weighted by atomic mass is 16.6. The highest BCUT2D eigenvalue weighted by molar-refractivity contribution is 5.87. The van der Waals surface area contributed by atoms with E-state index in [1.54, 1.807) is 0 Å². The molecule has 1 N–H and O–H groups in total. The van der Waals surface area contributed by atoms with E-state index < -0.39 is 6.09 Å². The number of aryl methyl sites for hydroxylation is 4. The van der Waals surface area contributed by atoms with Crippen molar-refractivity contribution in [1.82, 2.24) is 0 Å². The summed E-state index contributed by atoms with van der Waals surface area (Å²) < 4.78 is 5.85. The molecule has 0 radical (unpaired) electrons. The van der Waals surface area contributed by atoms with Crippen LogP contribution in [0.15, 0.2) is 36.4 Å². The normalized spacial score (nSPS) is 11.1. The number of amides is 1. The fourth-order valence-corrected chi connectivity index (χ4v) is 5.18. The summed E-state index contributed by atoms with van der Waals surface area (Å²) in [4.78, 5) is 12.8. The van der Waals surface area contributed by atoms with Gasteiger partial charge in [-0.25, -0.2) is 4.79 Å². The molecule has 2 aromatic rings. The zero-order chi connectivity index (χ0) is 27.4. The topological polar surface area (TPSA) is 38.3 Å². The number of unbranched alkanes of at least 4 members (excludes halogenated alkanes) is 14. The summed E-state index contributed by atoms with van der Waals surface area (Å²) in [5.41, 5.74) is 5.57. The van der Waals surface area contributed by atoms with E-state index in [1.807, 2.05) is 25.1 Å². The van der Waals surface area contributed by atoms with Gasteiger partial charge in [0.2, 0.25) is 0 Å². The van der Waals surface area contributed by atoms with E-state index in [9.17, 15) is 4.79 Å². The molecule has 0 spiro atoms. The molecule has 0 saturated carbocycles. The predicted octanol–water partition coefficient (Wildman–Crippen LogP) is 11.3. The maximum absolute atomic E-state index is 12.8. The zero-order valence-corrected chi connectivity index (χ0v) is 25.0. The van der Waals surface area contributed by atoms with Crippen molar-refractivity contribution in [1.29, 1.82) is 0 Å². The molecule has 3 heteroatoms. The number of rotatable bonds is 20. The van der Waals surface area contributed by atoms with Crippen molar-refractivity contribution in [3.8, 4) is 5.75 Å². The van der Waals surface area contributed by atoms with Crippen LogP contribution in [0.1, 0.15) is 139 Å². The lowest BCUT2D eigenvalue weighted by Gasteiger charge is -2.14. The quantitative estimate of drug-likeness (QED) is 0.176. The van der Waals surface area contributed by atoms with Gasteiger partial charge in [-0.2, -0.15) is 0 Å². The van der Waals surface area contributed by atoms with Crippen LogP contribution in [-0.2, 0) is 12.8 Å². The molecule has 212 valence electrons. The van der Waals surface area contributed by atoms with E-state index in [-0.39, 0.29) is 0 Å². The molecule has 0 unspecified atom stereocenters. The maximum Gasteiger partial charge on any atom is 0.417 e. The molecule has 0 heterocycles. The molecule has 0 aliphatic rings. The van der Waals surface area contributed by atoms with Gasteiger partial charge in [0.25, 0.3) is 0 Å². The Morgan fingerprint density at radius 2 is 1.21 bits per heavy atom. The molecule has 0 atom stereocenters. The largest absolute Gasteiger partial charge is 0.417 e. The van der Waals surface area contributed by atoms with Crippen molar-refractivity contribution in [3.05, 3.63) is 58.7 Å². The summed E-state index contributed by atoms with van der Waals surface area (Å²) in [6.07, 6.45) is 22.8. The minimum absolute atomic E-state index is 0.412. The first-order valence-corrected chi connectivity index (χ1v) is 15.7. The van der Waals surface area contributed by atoms with Crippen LogP contribution < -0.4 is 10.1 Å². The fraction of sp³-hybridized carbons (Fsp3) is 0.629. The van der Waals surface area contributed by atoms with E-state index in [1.165, 1.54) is 113 Å². The average molecular weight is 522 g/mol. The van der Waals surface area contributed by atoms with Crippen molar-refractivity contribution in [3.63, 3.8) is 0 Å². The minimum atomic E-state index is -0.412. The first kappa shape index (κ1) is 31.9. The first-order chi connectivity index (χ1) is 18.5. The van der Waals surface area contributed by atoms with Gasteiger partial charge in [-0.15, -0.1) is 0 Å². The Balaban J connectivity index is 1.91. The first-order valence-electron chi connectivity index (χ1n) is 15.7. The fourth-order valence-electron chi connectivity index (χ4n) is 5.18. The summed E-state index contributed by atoms with van der Waals surface area (Å²) in [5.74, 6) is 0.704. The van der Waals surface area contributed by atoms with Gasteiger partial charge in [0.1, 0.15) is 5.75 Å². The minimum Gasteiger partial charge on any atom is -0.410 e. The molecule has 0 aliphatic heterocycles. The second-order valence-electron chi connectivity index (χ2n) is 11.2. The SMILES string of the molecule is CCCCCCCCCCc1ccc(OC(=O)Nc2ccc(C)cc2C)c(CCCCCCCCCC)c1. The van der Waals surface area contributed by atoms with Crippen molar-refractivity contribution in [2.45, 2.75) is 143 Å². The summed E-state index contributed by atoms with van der Waals surface area (Å²) in [7, 11) is 0. The summed E-state index contributed by atoms with van der Waals surface area (Å²) >= 11 is 0. The van der Waals surface area contributed by atoms with Crippen molar-refractivity contribution in [2.24, 2.45) is 0 Å². The number of carbonyl (C=O) groups is 1. The molecular weight excluding hydrogens is 466 g/mol. The Morgan fingerprint density at radius 3 is 1.79 bits per heavy atom. The number of nitrogens with one attached hydrogen (secondary N) is 1. The molecule has 0 saturated heterocycles. The van der Waals surface area contributed by atoms with Crippen LogP contribution in [0.2, 0.25) is 0 Å². The lowest BCUT2D eigenvalue weighted by molar-refractivity contribution is 0.214. The van der Waals surface area contributed by atoms with Crippen molar-refractivity contribution < 1.29 is 9.53 Å². The van der Waals surface area contributed by atoms with Crippen LogP contribution in [-0.4, -0.2) is 6.09 Å². The monoisotopic (exact) mass is 521 g/mol. The van der Waals surface area contributed by atoms with Crippen LogP contribution in [0.25, 0.3) is 0 Å². The molecule has 0 aliphatic carbocycles. The smallest absolute Gasteiger partial charge is 0.410 e. The van der Waals surface area contributed by atoms with Crippen LogP contribution in [0.4, 0.5) is 10.5 Å². The summed E-state index contributed by atoms with van der Waals surface area (Å²) in [6.45, 7) is 8.61. The molecule has 3 nitrogen and oxygen atoms in total. The number of anilines is 1. The molecule has 1 amide bonds. The summed E-state index contributed by atoms with van der Waals surface area (Å²) in [5, 5.41) is 2.93. The van der Waals surface area contributed by atoms with E-state index >= 15 is 0 Å². The highest BCUT2D eigenvalue weighted by Crippen LogP contribution is 2.25. The Labute approximate surface area is 234 Å². The van der Waals surface area contributed by atoms with Gasteiger partial charge in [-0.3, -0.25) is 5.32 Å². The number of carbonyl (C=O) groups excluding carboxylic acids is 1. The van der Waals surface area contributed by atoms with E-state index in [0.717, 1.165) is 30.5 Å². The molecule has 0 bridgehead atoms. The Kier molecular flexibility index (Phi) is 16.6. The van der Waals surface area contributed by atoms with Crippen LogP contribution in [0, 0.1) is 13.8 Å². The van der Waals surface area contributed by atoms with Crippen molar-refractivity contribution >= 4 is 11.8 Å². The van der Waals surface area contributed by atoms with Crippen LogP contribution in [0.5, 0.6) is 5.75 Å². The summed E-state index contributed by atoms with van der Waals surface area (Å²) in [6, 6.07) is 12.5. The van der Waals surface area contributed by atoms with Crippen molar-refractivity contribution in [2.75, 3.05) is 5.32 Å². The number of hydrogen-bond acceptors (Lipinski definition) is 2. The number of benzene rings is 2. The lowest BCUT2D eigenvalue weighted by Crippen LogP contribution is -2.18. The maximum atomic E-state index is 12.8. The van der Waals surface area contributed by atoms with Gasteiger partial charge < -0.3 is 4.74 Å². The van der Waals surface area contributed by atoms with Crippen LogP contribution >= 0.6 is 0 Å². The third kappa shape index (κ3) is 13.5. The molecule has 38 heavy (non-hydrogen) atoms. The Bertz CT molecular complexity index is 920. The Hall–Kier alpha value is -2.29. The molecule has 2 rings (SSSR count). The Morgan fingerprint density at radius 1 is 0.658 bits per heavy atom. The molecule has 0 aromatic heterocycles. The molecule has 0 fully saturated rings. The van der Waals surface area contributed by atoms with Gasteiger partial charge in [0.05, 0.1) is 0 Å². The zero-order valence-electron chi connectivity index (χ0n) is 25.0. The third-order valence-corrected chi connectivity index (χ3v) is 7.56. The second-order valence-corrected chi connectivity index (χ2v) is 11.2. The standard InChI is InChI=1S/C35H55NO2/c1-5-7-9-11-13-15-17-19-21-31-24-26-34(32(28-31)22-20-18-16-14-12-10-8-6-2)38-35(37)36-33-25-23-29(3)27-30(33)4/h23-28H,5-22H2,1-4H3,(H,36,37). The predicted molar refractivity (Wildman–Crippen MR) is 165 cm³/mol. The second kappa shape index (κ2) is 19.7. The number of hydrogen-bond donors (Lipinski definition) is 1. The lowest BCUT2D eigenvalue weighted by atomic mass is 9.99. The molecular formula is C35H55NO2. The number of ether oxygens (including phenoxy) is 1. The van der Waals surface area contributed by atoms with Gasteiger partial charge >= 0.3 is 6.09 Å². The van der Waals surface area contributed by atoms with Gasteiger partial charge in [-0.1, -0.05) is 134 Å². The van der Waals surface area contributed by atoms with Gasteiger partial charge in [0, 0.05) is 5.69 Å². The van der Waals surface area contributed by atoms with Crippen LogP contribution in [0.3, 0.4) is 0 Å². The van der Waals surface area contributed by atoms with Gasteiger partial charge in [0.15, 0.2) is 0 Å². The highest BCUT2D eigenvalue weighted by Gasteiger charge is 2.12. The van der Waals surface area contributed by atoms with E-state index in [0.29, 0.717) is 5.75 Å². The van der Waals surface area contributed by atoms with Gasteiger partial charge in [-0.05, 0) is 68.4 Å². The third-order valence-electron chi connectivity index (χ3n) is 7.56. The van der Waals surface area contributed by atoms with E-state index in [4.69, 9.17) is 4.74 Å². The molecule has 2 aromatic carbocycles. The average Bonchev–Trinajstić information content (AvgIpc) is 2.90. The van der Waals surface area contributed by atoms with E-state index in [2.05, 4.69) is 44.3 Å².